The third-order valence-corrected chi connectivity index (χ3v) is 5.47. The Labute approximate surface area is 154 Å². The fourth-order valence-corrected chi connectivity index (χ4v) is 4.13. The van der Waals surface area contributed by atoms with Crippen LogP contribution in [0.15, 0.2) is 36.7 Å². The maximum Gasteiger partial charge on any atom is 0.159 e. The minimum absolute atomic E-state index is 0.103. The Hall–Kier alpha value is -2.42. The van der Waals surface area contributed by atoms with Crippen LogP contribution in [0.2, 0.25) is 0 Å². The van der Waals surface area contributed by atoms with Crippen molar-refractivity contribution in [2.24, 2.45) is 5.73 Å². The van der Waals surface area contributed by atoms with Gasteiger partial charge in [-0.3, -0.25) is 4.90 Å². The Bertz CT molecular complexity index is 1010. The minimum Gasteiger partial charge on any atom is -0.370 e. The number of fused-ring (bicyclic) bond motifs is 3. The Balaban J connectivity index is 1.32. The molecule has 2 N–H and O–H groups in total. The third kappa shape index (κ3) is 2.80. The van der Waals surface area contributed by atoms with Gasteiger partial charge in [-0.2, -0.15) is 5.10 Å². The smallest absolute Gasteiger partial charge is 0.159 e. The van der Waals surface area contributed by atoms with E-state index < -0.39 is 23.8 Å². The lowest BCUT2D eigenvalue weighted by Gasteiger charge is -2.38. The highest BCUT2D eigenvalue weighted by Gasteiger charge is 2.37. The number of nitrogens with zero attached hydrogens (tertiary/aromatic N) is 4. The molecule has 2 aliphatic rings. The van der Waals surface area contributed by atoms with Gasteiger partial charge in [0.15, 0.2) is 5.65 Å². The number of rotatable bonds is 2. The number of nitrogens with two attached hydrogens (primary N) is 1. The summed E-state index contributed by atoms with van der Waals surface area (Å²) in [5, 5.41) is 4.59. The van der Waals surface area contributed by atoms with Crippen LogP contribution >= 0.6 is 0 Å². The van der Waals surface area contributed by atoms with E-state index in [1.807, 2.05) is 12.3 Å². The fourth-order valence-electron chi connectivity index (χ4n) is 4.13. The highest BCUT2D eigenvalue weighted by molar-refractivity contribution is 5.51. The van der Waals surface area contributed by atoms with E-state index in [9.17, 15) is 8.78 Å². The Morgan fingerprint density at radius 3 is 2.96 bits per heavy atom. The SMILES string of the molecule is N[C@H]1CC(N2Cc3nn4cccnc4c3C2)COC1c1cc(F)ccc1F. The van der Waals surface area contributed by atoms with Gasteiger partial charge in [-0.1, -0.05) is 0 Å². The Morgan fingerprint density at radius 2 is 2.11 bits per heavy atom. The molecule has 27 heavy (non-hydrogen) atoms. The molecule has 2 unspecified atom stereocenters. The molecule has 0 radical (unpaired) electrons. The Kier molecular flexibility index (Phi) is 3.92. The molecule has 0 amide bonds. The zero-order valence-electron chi connectivity index (χ0n) is 14.6. The summed E-state index contributed by atoms with van der Waals surface area (Å²) in [7, 11) is 0. The molecule has 1 aromatic carbocycles. The molecule has 2 aliphatic heterocycles. The van der Waals surface area contributed by atoms with E-state index in [-0.39, 0.29) is 11.6 Å². The van der Waals surface area contributed by atoms with E-state index in [1.54, 1.807) is 10.7 Å². The first kappa shape index (κ1) is 16.7. The molecular formula is C19H19F2N5O. The number of hydrogen-bond donors (Lipinski definition) is 1. The van der Waals surface area contributed by atoms with Crippen LogP contribution in [-0.4, -0.2) is 38.2 Å². The molecule has 0 aliphatic carbocycles. The first-order chi connectivity index (χ1) is 13.1. The largest absolute Gasteiger partial charge is 0.370 e. The maximum absolute atomic E-state index is 14.1. The minimum atomic E-state index is -0.637. The van der Waals surface area contributed by atoms with Crippen molar-refractivity contribution in [1.29, 1.82) is 0 Å². The van der Waals surface area contributed by atoms with Crippen LogP contribution in [0.1, 0.15) is 29.3 Å². The summed E-state index contributed by atoms with van der Waals surface area (Å²) < 4.78 is 35.3. The van der Waals surface area contributed by atoms with E-state index in [0.29, 0.717) is 19.6 Å². The molecule has 0 spiro atoms. The standard InChI is InChI=1S/C19H19F2N5O/c20-11-2-3-15(21)13(6-11)18-16(22)7-12(10-27-18)25-8-14-17(9-25)24-26-5-1-4-23-19(14)26/h1-6,12,16,18H,7-10,22H2/t12?,16-,18?/m0/s1. The van der Waals surface area contributed by atoms with E-state index in [2.05, 4.69) is 15.0 Å². The zero-order chi connectivity index (χ0) is 18.5. The lowest BCUT2D eigenvalue weighted by Crippen LogP contribution is -2.47. The number of hydrogen-bond acceptors (Lipinski definition) is 5. The lowest BCUT2D eigenvalue weighted by molar-refractivity contribution is -0.0532. The summed E-state index contributed by atoms with van der Waals surface area (Å²) in [6.45, 7) is 1.85. The van der Waals surface area contributed by atoms with Crippen molar-refractivity contribution >= 4 is 5.65 Å². The summed E-state index contributed by atoms with van der Waals surface area (Å²) in [6.07, 6.45) is 3.66. The molecule has 3 aromatic rings. The van der Waals surface area contributed by atoms with Gasteiger partial charge in [-0.15, -0.1) is 0 Å². The summed E-state index contributed by atoms with van der Waals surface area (Å²) in [5.41, 5.74) is 9.49. The zero-order valence-corrected chi connectivity index (χ0v) is 14.6. The third-order valence-electron chi connectivity index (χ3n) is 5.47. The van der Waals surface area contributed by atoms with Gasteiger partial charge in [0.05, 0.1) is 12.3 Å². The van der Waals surface area contributed by atoms with Crippen molar-refractivity contribution in [3.05, 3.63) is 65.1 Å². The second kappa shape index (κ2) is 6.33. The summed E-state index contributed by atoms with van der Waals surface area (Å²) >= 11 is 0. The first-order valence-corrected chi connectivity index (χ1v) is 8.97. The first-order valence-electron chi connectivity index (χ1n) is 8.97. The molecule has 1 saturated heterocycles. The monoisotopic (exact) mass is 371 g/mol. The predicted molar refractivity (Wildman–Crippen MR) is 93.7 cm³/mol. The topological polar surface area (TPSA) is 68.7 Å². The van der Waals surface area contributed by atoms with Crippen LogP contribution in [-0.2, 0) is 17.8 Å². The van der Waals surface area contributed by atoms with E-state index in [4.69, 9.17) is 10.5 Å². The molecule has 2 aromatic heterocycles. The lowest BCUT2D eigenvalue weighted by atomic mass is 9.93. The van der Waals surface area contributed by atoms with Crippen molar-refractivity contribution < 1.29 is 13.5 Å². The van der Waals surface area contributed by atoms with Gasteiger partial charge in [0.2, 0.25) is 0 Å². The van der Waals surface area contributed by atoms with Gasteiger partial charge in [-0.25, -0.2) is 18.3 Å². The molecule has 1 fully saturated rings. The molecule has 5 rings (SSSR count). The number of ether oxygens (including phenoxy) is 1. The average Bonchev–Trinajstić information content (AvgIpc) is 3.22. The van der Waals surface area contributed by atoms with Gasteiger partial charge in [0.1, 0.15) is 17.7 Å². The molecule has 4 heterocycles. The summed E-state index contributed by atoms with van der Waals surface area (Å²) in [6, 6.07) is 4.93. The van der Waals surface area contributed by atoms with Crippen LogP contribution < -0.4 is 5.73 Å². The quantitative estimate of drug-likeness (QED) is 0.748. The number of halogens is 2. The predicted octanol–water partition coefficient (Wildman–Crippen LogP) is 2.18. The van der Waals surface area contributed by atoms with Crippen molar-refractivity contribution in [2.45, 2.75) is 37.7 Å². The molecular weight excluding hydrogens is 352 g/mol. The second-order valence-electron chi connectivity index (χ2n) is 7.19. The average molecular weight is 371 g/mol. The maximum atomic E-state index is 14.1. The van der Waals surface area contributed by atoms with Crippen LogP contribution in [0.5, 0.6) is 0 Å². The van der Waals surface area contributed by atoms with Crippen molar-refractivity contribution in [1.82, 2.24) is 19.5 Å². The van der Waals surface area contributed by atoms with Gasteiger partial charge in [0, 0.05) is 48.7 Å². The molecule has 6 nitrogen and oxygen atoms in total. The van der Waals surface area contributed by atoms with Crippen molar-refractivity contribution in [3.63, 3.8) is 0 Å². The molecule has 8 heteroatoms. The molecule has 0 bridgehead atoms. The summed E-state index contributed by atoms with van der Waals surface area (Å²) in [5.74, 6) is -0.981. The van der Waals surface area contributed by atoms with Gasteiger partial charge >= 0.3 is 0 Å². The van der Waals surface area contributed by atoms with E-state index >= 15 is 0 Å². The second-order valence-corrected chi connectivity index (χ2v) is 7.19. The van der Waals surface area contributed by atoms with Crippen LogP contribution in [0, 0.1) is 11.6 Å². The van der Waals surface area contributed by atoms with E-state index in [0.717, 1.165) is 35.6 Å². The van der Waals surface area contributed by atoms with Crippen LogP contribution in [0.3, 0.4) is 0 Å². The number of benzene rings is 1. The van der Waals surface area contributed by atoms with Crippen LogP contribution in [0.25, 0.3) is 5.65 Å². The van der Waals surface area contributed by atoms with Gasteiger partial charge < -0.3 is 10.5 Å². The van der Waals surface area contributed by atoms with Crippen molar-refractivity contribution in [3.8, 4) is 0 Å². The van der Waals surface area contributed by atoms with Crippen LogP contribution in [0.4, 0.5) is 8.78 Å². The number of aromatic nitrogens is 3. The molecule has 0 saturated carbocycles. The summed E-state index contributed by atoms with van der Waals surface area (Å²) in [4.78, 5) is 6.69. The Morgan fingerprint density at radius 1 is 1.22 bits per heavy atom. The van der Waals surface area contributed by atoms with E-state index in [1.165, 1.54) is 6.07 Å². The molecule has 3 atom stereocenters. The highest BCUT2D eigenvalue weighted by atomic mass is 19.1. The molecule has 140 valence electrons. The van der Waals surface area contributed by atoms with Gasteiger partial charge in [0.25, 0.3) is 0 Å². The fraction of sp³-hybridized carbons (Fsp3) is 0.368. The van der Waals surface area contributed by atoms with Gasteiger partial charge in [-0.05, 0) is 30.7 Å². The highest BCUT2D eigenvalue weighted by Crippen LogP contribution is 2.34. The van der Waals surface area contributed by atoms with Crippen molar-refractivity contribution in [2.75, 3.05) is 6.61 Å². The normalized spacial score (nSPS) is 25.8.